The van der Waals surface area contributed by atoms with E-state index in [0.717, 1.165) is 31.5 Å². The van der Waals surface area contributed by atoms with E-state index >= 15 is 0 Å². The molecule has 7 nitrogen and oxygen atoms in total. The molecular formula is C22H31Cl2N3O4. The van der Waals surface area contributed by atoms with Gasteiger partial charge in [0.15, 0.2) is 0 Å². The average molecular weight is 472 g/mol. The number of ether oxygens (including phenoxy) is 2. The number of rotatable bonds is 3. The number of urea groups is 1. The summed E-state index contributed by atoms with van der Waals surface area (Å²) in [4.78, 5) is 28.7. The maximum Gasteiger partial charge on any atom is 0.410 e. The van der Waals surface area contributed by atoms with Crippen molar-refractivity contribution in [2.75, 3.05) is 39.3 Å². The fraction of sp³-hybridized carbons (Fsp3) is 0.636. The third-order valence-corrected chi connectivity index (χ3v) is 6.11. The number of hydrogen-bond acceptors (Lipinski definition) is 4. The van der Waals surface area contributed by atoms with E-state index in [1.807, 2.05) is 31.7 Å². The lowest BCUT2D eigenvalue weighted by molar-refractivity contribution is 0.0231. The summed E-state index contributed by atoms with van der Waals surface area (Å²) in [6.07, 6.45) is 1.32. The molecule has 0 bridgehead atoms. The maximum atomic E-state index is 12.7. The van der Waals surface area contributed by atoms with E-state index in [4.69, 9.17) is 32.7 Å². The molecule has 2 aliphatic heterocycles. The summed E-state index contributed by atoms with van der Waals surface area (Å²) in [6.45, 7) is 8.56. The van der Waals surface area contributed by atoms with Gasteiger partial charge in [0.2, 0.25) is 0 Å². The number of nitrogens with one attached hydrogen (secondary N) is 1. The Kier molecular flexibility index (Phi) is 7.94. The maximum absolute atomic E-state index is 12.7. The first-order valence-electron chi connectivity index (χ1n) is 10.7. The predicted octanol–water partition coefficient (Wildman–Crippen LogP) is 4.72. The van der Waals surface area contributed by atoms with Gasteiger partial charge in [0.25, 0.3) is 0 Å². The molecule has 1 N–H and O–H groups in total. The Balaban J connectivity index is 1.77. The Hall–Kier alpha value is -1.70. The smallest absolute Gasteiger partial charge is 0.410 e. The number of halogens is 2. The zero-order chi connectivity index (χ0) is 22.6. The van der Waals surface area contributed by atoms with Gasteiger partial charge in [0, 0.05) is 38.6 Å². The SMILES string of the molecule is CC(C)(C)OC(=O)N1CCO[C@@H](c2ccc(Cl)c(Cl)c2)[C@H](CNC(=O)N2CCCC2)C1. The van der Waals surface area contributed by atoms with Gasteiger partial charge >= 0.3 is 12.1 Å². The molecule has 0 saturated carbocycles. The Labute approximate surface area is 193 Å². The minimum absolute atomic E-state index is 0.0848. The third-order valence-electron chi connectivity index (χ3n) is 5.37. The quantitative estimate of drug-likeness (QED) is 0.691. The number of nitrogens with zero attached hydrogens (tertiary/aromatic N) is 2. The Morgan fingerprint density at radius 3 is 2.48 bits per heavy atom. The van der Waals surface area contributed by atoms with Gasteiger partial charge in [-0.25, -0.2) is 9.59 Å². The number of hydrogen-bond donors (Lipinski definition) is 1. The molecule has 31 heavy (non-hydrogen) atoms. The second kappa shape index (κ2) is 10.3. The van der Waals surface area contributed by atoms with Crippen molar-refractivity contribution in [2.45, 2.75) is 45.3 Å². The zero-order valence-electron chi connectivity index (χ0n) is 18.3. The largest absolute Gasteiger partial charge is 0.444 e. The van der Waals surface area contributed by atoms with Crippen LogP contribution >= 0.6 is 23.2 Å². The molecule has 0 spiro atoms. The van der Waals surface area contributed by atoms with E-state index in [1.54, 1.807) is 17.0 Å². The van der Waals surface area contributed by atoms with Crippen LogP contribution < -0.4 is 5.32 Å². The highest BCUT2D eigenvalue weighted by Crippen LogP contribution is 2.33. The van der Waals surface area contributed by atoms with Gasteiger partial charge in [-0.1, -0.05) is 29.3 Å². The standard InChI is InChI=1S/C22H31Cl2N3O4/c1-22(2,3)31-21(29)27-10-11-30-19(15-6-7-17(23)18(24)12-15)16(14-27)13-25-20(28)26-8-4-5-9-26/h6-7,12,16,19H,4-5,8-11,13-14H2,1-3H3,(H,25,28)/t16-,19+/m1/s1. The normalized spacial score (nSPS) is 22.2. The van der Waals surface area contributed by atoms with Crippen LogP contribution in [0.15, 0.2) is 18.2 Å². The highest BCUT2D eigenvalue weighted by Gasteiger charge is 2.34. The molecule has 2 heterocycles. The number of carbonyl (C=O) groups is 2. The van der Waals surface area contributed by atoms with Crippen molar-refractivity contribution in [1.29, 1.82) is 0 Å². The van der Waals surface area contributed by atoms with Gasteiger partial charge in [0.05, 0.1) is 22.8 Å². The average Bonchev–Trinajstić information content (AvgIpc) is 3.14. The van der Waals surface area contributed by atoms with E-state index in [2.05, 4.69) is 5.32 Å². The van der Waals surface area contributed by atoms with Crippen LogP contribution in [-0.2, 0) is 9.47 Å². The zero-order valence-corrected chi connectivity index (χ0v) is 19.8. The molecular weight excluding hydrogens is 441 g/mol. The monoisotopic (exact) mass is 471 g/mol. The van der Waals surface area contributed by atoms with Crippen molar-refractivity contribution in [3.63, 3.8) is 0 Å². The Morgan fingerprint density at radius 2 is 1.84 bits per heavy atom. The van der Waals surface area contributed by atoms with E-state index in [-0.39, 0.29) is 24.1 Å². The van der Waals surface area contributed by atoms with Crippen LogP contribution in [0.3, 0.4) is 0 Å². The van der Waals surface area contributed by atoms with Gasteiger partial charge < -0.3 is 24.6 Å². The molecule has 9 heteroatoms. The lowest BCUT2D eigenvalue weighted by atomic mass is 9.95. The van der Waals surface area contributed by atoms with Crippen LogP contribution in [0.4, 0.5) is 9.59 Å². The Bertz CT molecular complexity index is 793. The molecule has 3 rings (SSSR count). The molecule has 2 aliphatic rings. The lowest BCUT2D eigenvalue weighted by Gasteiger charge is -2.30. The molecule has 1 aromatic carbocycles. The van der Waals surface area contributed by atoms with Gasteiger partial charge in [-0.15, -0.1) is 0 Å². The summed E-state index contributed by atoms with van der Waals surface area (Å²) in [6, 6.07) is 5.31. The number of benzene rings is 1. The second-order valence-electron chi connectivity index (χ2n) is 9.03. The second-order valence-corrected chi connectivity index (χ2v) is 9.85. The number of likely N-dealkylation sites (tertiary alicyclic amines) is 1. The van der Waals surface area contributed by atoms with Crippen LogP contribution in [0.2, 0.25) is 10.0 Å². The molecule has 2 saturated heterocycles. The van der Waals surface area contributed by atoms with Crippen molar-refractivity contribution < 1.29 is 19.1 Å². The summed E-state index contributed by atoms with van der Waals surface area (Å²) < 4.78 is 11.7. The lowest BCUT2D eigenvalue weighted by Crippen LogP contribution is -2.45. The summed E-state index contributed by atoms with van der Waals surface area (Å²) in [5, 5.41) is 3.93. The summed E-state index contributed by atoms with van der Waals surface area (Å²) in [7, 11) is 0. The molecule has 0 radical (unpaired) electrons. The van der Waals surface area contributed by atoms with E-state index < -0.39 is 5.60 Å². The van der Waals surface area contributed by atoms with Crippen molar-refractivity contribution in [3.8, 4) is 0 Å². The van der Waals surface area contributed by atoms with Gasteiger partial charge in [0.1, 0.15) is 5.60 Å². The van der Waals surface area contributed by atoms with Crippen molar-refractivity contribution in [1.82, 2.24) is 15.1 Å². The van der Waals surface area contributed by atoms with Crippen molar-refractivity contribution >= 4 is 35.3 Å². The molecule has 0 unspecified atom stereocenters. The van der Waals surface area contributed by atoms with Crippen LogP contribution in [0, 0.1) is 5.92 Å². The Morgan fingerprint density at radius 1 is 1.13 bits per heavy atom. The molecule has 2 atom stereocenters. The molecule has 2 fully saturated rings. The van der Waals surface area contributed by atoms with Crippen LogP contribution in [-0.4, -0.2) is 66.9 Å². The molecule has 3 amide bonds. The van der Waals surface area contributed by atoms with E-state index in [9.17, 15) is 9.59 Å². The van der Waals surface area contributed by atoms with Gasteiger partial charge in [-0.3, -0.25) is 0 Å². The van der Waals surface area contributed by atoms with Crippen LogP contribution in [0.25, 0.3) is 0 Å². The summed E-state index contributed by atoms with van der Waals surface area (Å²) in [5.41, 5.74) is 0.271. The van der Waals surface area contributed by atoms with Crippen molar-refractivity contribution in [3.05, 3.63) is 33.8 Å². The highest BCUT2D eigenvalue weighted by atomic mass is 35.5. The van der Waals surface area contributed by atoms with Crippen LogP contribution in [0.5, 0.6) is 0 Å². The minimum Gasteiger partial charge on any atom is -0.444 e. The van der Waals surface area contributed by atoms with Crippen molar-refractivity contribution in [2.24, 2.45) is 5.92 Å². The first-order valence-corrected chi connectivity index (χ1v) is 11.5. The van der Waals surface area contributed by atoms with E-state index in [1.165, 1.54) is 0 Å². The third kappa shape index (κ3) is 6.64. The predicted molar refractivity (Wildman–Crippen MR) is 121 cm³/mol. The summed E-state index contributed by atoms with van der Waals surface area (Å²) >= 11 is 12.3. The fourth-order valence-electron chi connectivity index (χ4n) is 3.87. The highest BCUT2D eigenvalue weighted by molar-refractivity contribution is 6.42. The van der Waals surface area contributed by atoms with Crippen LogP contribution in [0.1, 0.15) is 45.3 Å². The molecule has 172 valence electrons. The molecule has 1 aromatic rings. The minimum atomic E-state index is -0.590. The first-order chi connectivity index (χ1) is 14.6. The molecule has 0 aromatic heterocycles. The number of amides is 3. The number of carbonyl (C=O) groups excluding carboxylic acids is 2. The summed E-state index contributed by atoms with van der Waals surface area (Å²) in [5.74, 6) is -0.182. The topological polar surface area (TPSA) is 71.1 Å². The fourth-order valence-corrected chi connectivity index (χ4v) is 4.17. The van der Waals surface area contributed by atoms with E-state index in [0.29, 0.717) is 36.3 Å². The molecule has 0 aliphatic carbocycles. The van der Waals surface area contributed by atoms with Gasteiger partial charge in [-0.05, 0) is 51.3 Å². The van der Waals surface area contributed by atoms with Gasteiger partial charge in [-0.2, -0.15) is 0 Å². The first kappa shape index (κ1) is 24.0.